The number of aliphatic imine (C=N–C) groups is 1. The molecule has 4 bridgehead atoms. The number of aromatic nitrogens is 10. The number of hydrogen-bond donors (Lipinski definition) is 3. The summed E-state index contributed by atoms with van der Waals surface area (Å²) in [7, 11) is -2.49. The number of rotatable bonds is 19. The van der Waals surface area contributed by atoms with E-state index < -0.39 is 28.0 Å². The zero-order chi connectivity index (χ0) is 56.4. The van der Waals surface area contributed by atoms with Crippen LogP contribution in [0, 0.1) is 17.8 Å². The molecule has 432 valence electrons. The number of hydrogen-bond acceptors (Lipinski definition) is 13. The number of H-pyrrole nitrogens is 1. The van der Waals surface area contributed by atoms with E-state index in [1.165, 1.54) is 99.2 Å². The van der Waals surface area contributed by atoms with Crippen molar-refractivity contribution in [2.45, 2.75) is 177 Å². The highest BCUT2D eigenvalue weighted by Crippen LogP contribution is 2.54. The number of halogens is 2. The molecule has 2 saturated heterocycles. The molecule has 4 aliphatic carbocycles. The summed E-state index contributed by atoms with van der Waals surface area (Å²) in [5.41, 5.74) is 19.0. The number of ether oxygens (including phenoxy) is 2. The summed E-state index contributed by atoms with van der Waals surface area (Å²) >= 11 is 0. The number of nitrogen functional groups attached to an aromatic ring is 1. The molecule has 3 aliphatic heterocycles. The molecule has 82 heavy (non-hydrogen) atoms. The van der Waals surface area contributed by atoms with Crippen LogP contribution in [-0.4, -0.2) is 110 Å². The summed E-state index contributed by atoms with van der Waals surface area (Å²) in [6, 6.07) is 11.2. The minimum absolute atomic E-state index is 0.401. The molecule has 0 radical (unpaired) electrons. The van der Waals surface area contributed by atoms with Gasteiger partial charge in [-0.3, -0.25) is 9.97 Å². The van der Waals surface area contributed by atoms with Crippen LogP contribution in [0.25, 0.3) is 45.1 Å². The maximum absolute atomic E-state index is 13.7. The van der Waals surface area contributed by atoms with Crippen LogP contribution in [0.4, 0.5) is 20.4 Å². The van der Waals surface area contributed by atoms with Gasteiger partial charge in [0.2, 0.25) is 11.9 Å². The maximum Gasteiger partial charge on any atom is 0.211 e. The molecule has 4 saturated carbocycles. The molecule has 7 aromatic rings. The first-order valence-electron chi connectivity index (χ1n) is 30.4. The van der Waals surface area contributed by atoms with Crippen LogP contribution >= 0.6 is 0 Å². The van der Waals surface area contributed by atoms with Gasteiger partial charge in [0, 0.05) is 105 Å². The van der Waals surface area contributed by atoms with Crippen molar-refractivity contribution in [2.24, 2.45) is 16.8 Å². The Morgan fingerprint density at radius 2 is 1.18 bits per heavy atom. The Morgan fingerprint density at radius 1 is 0.622 bits per heavy atom. The van der Waals surface area contributed by atoms with Crippen LogP contribution in [0.1, 0.15) is 142 Å². The van der Waals surface area contributed by atoms with Crippen LogP contribution in [-0.2, 0) is 9.47 Å². The summed E-state index contributed by atoms with van der Waals surface area (Å²) in [4.78, 5) is 32.9. The number of aromatic amines is 1. The van der Waals surface area contributed by atoms with Crippen molar-refractivity contribution in [1.29, 1.82) is 0 Å². The zero-order valence-electron chi connectivity index (χ0n) is 48.6. The average molecular weight is 1150 g/mol. The van der Waals surface area contributed by atoms with Gasteiger partial charge in [-0.15, -0.1) is 0 Å². The van der Waals surface area contributed by atoms with Gasteiger partial charge in [-0.25, -0.2) is 19.9 Å². The van der Waals surface area contributed by atoms with Gasteiger partial charge in [0.05, 0.1) is 41.4 Å². The van der Waals surface area contributed by atoms with Crippen molar-refractivity contribution in [1.82, 2.24) is 54.4 Å². The Hall–Kier alpha value is -6.07. The lowest BCUT2D eigenvalue weighted by Crippen LogP contribution is -2.37. The van der Waals surface area contributed by atoms with E-state index in [4.69, 9.17) is 35.3 Å². The Kier molecular flexibility index (Phi) is 15.1. The van der Waals surface area contributed by atoms with E-state index in [0.717, 1.165) is 101 Å². The standard InChI is InChI=1S/C38H55FN6O2Si2.C24H25FN8/c1-48(2,3)17-15-46-24-44(25-47-16-18-49(4,5)6)38-35(28-9-10-28)36(30-20-26-7-8-27(19-26)21-30)43-37-31(23-41-45(37)38)29-11-12-32(40-22-29)33-13-14-34(39)42-33;25-19-11-28-23(31-19)18-6-3-13(9-27-18)17-10-29-33-22(26)20(12-1-2-12)21(32-24(17)33)14-7-15-4-5-16(8-14)30-15/h11-12,14,22-23,26-28,30H,7-10,13,15-21,24-25H2,1-6H3;3,6,9-12,14-16,30H,1-2,4-5,7-8,26H2,(H,28,31)/t26-,27+,30?;14?,15-,16+. The maximum atomic E-state index is 13.7. The monoisotopic (exact) mass is 1150 g/mol. The van der Waals surface area contributed by atoms with Crippen LogP contribution in [0.15, 0.2) is 72.3 Å². The summed E-state index contributed by atoms with van der Waals surface area (Å²) in [6.07, 6.45) is 26.5. The van der Waals surface area contributed by atoms with Gasteiger partial charge in [-0.1, -0.05) is 64.3 Å². The molecular formula is C62H80F2N14O2Si2. The Bertz CT molecular complexity index is 3480. The molecule has 16 nitrogen and oxygen atoms in total. The predicted molar refractivity (Wildman–Crippen MR) is 324 cm³/mol. The van der Waals surface area contributed by atoms with Crippen LogP contribution in [0.2, 0.25) is 51.4 Å². The second kappa shape index (κ2) is 22.5. The van der Waals surface area contributed by atoms with Crippen LogP contribution in [0.3, 0.4) is 0 Å². The number of nitrogens with two attached hydrogens (primary N) is 1. The topological polar surface area (TPSA) is 187 Å². The van der Waals surface area contributed by atoms with E-state index in [9.17, 15) is 8.78 Å². The van der Waals surface area contributed by atoms with Crippen molar-refractivity contribution >= 4 is 44.8 Å². The third kappa shape index (κ3) is 11.9. The fraction of sp³-hybridized carbons (Fsp3) is 0.548. The lowest BCUT2D eigenvalue weighted by molar-refractivity contribution is 0.0940. The summed E-state index contributed by atoms with van der Waals surface area (Å²) < 4.78 is 43.8. The third-order valence-corrected chi connectivity index (χ3v) is 21.7. The smallest absolute Gasteiger partial charge is 0.211 e. The number of nitrogens with zero attached hydrogens (tertiary/aromatic N) is 11. The van der Waals surface area contributed by atoms with Crippen LogP contribution < -0.4 is 16.0 Å². The van der Waals surface area contributed by atoms with Gasteiger partial charge in [-0.05, 0) is 125 Å². The molecular weight excluding hydrogens is 1070 g/mol. The quantitative estimate of drug-likeness (QED) is 0.0301. The number of allylic oxidation sites excluding steroid dienone is 1. The molecule has 6 fully saturated rings. The zero-order valence-corrected chi connectivity index (χ0v) is 50.6. The highest BCUT2D eigenvalue weighted by atomic mass is 28.3. The van der Waals surface area contributed by atoms with E-state index in [0.29, 0.717) is 78.6 Å². The Labute approximate surface area is 481 Å². The Morgan fingerprint density at radius 3 is 1.72 bits per heavy atom. The minimum Gasteiger partial charge on any atom is -0.383 e. The second-order valence-corrected chi connectivity index (χ2v) is 38.4. The lowest BCUT2D eigenvalue weighted by atomic mass is 9.78. The fourth-order valence-electron chi connectivity index (χ4n) is 13.6. The molecule has 7 aromatic heterocycles. The van der Waals surface area contributed by atoms with Gasteiger partial charge in [-0.2, -0.15) is 28.0 Å². The molecule has 0 aromatic carbocycles. The second-order valence-electron chi connectivity index (χ2n) is 27.2. The van der Waals surface area contributed by atoms with Crippen molar-refractivity contribution in [3.63, 3.8) is 0 Å². The Balaban J connectivity index is 0.000000165. The van der Waals surface area contributed by atoms with E-state index >= 15 is 0 Å². The van der Waals surface area contributed by atoms with E-state index in [2.05, 4.69) is 79.1 Å². The number of imidazole rings is 1. The first-order chi connectivity index (χ1) is 39.6. The van der Waals surface area contributed by atoms with Gasteiger partial charge in [0.1, 0.15) is 30.8 Å². The normalized spacial score (nSPS) is 23.4. The van der Waals surface area contributed by atoms with E-state index in [1.54, 1.807) is 10.7 Å². The lowest BCUT2D eigenvalue weighted by Gasteiger charge is -2.33. The molecule has 14 rings (SSSR count). The first kappa shape index (κ1) is 55.1. The largest absolute Gasteiger partial charge is 0.383 e. The molecule has 6 atom stereocenters. The van der Waals surface area contributed by atoms with Crippen LogP contribution in [0.5, 0.6) is 0 Å². The van der Waals surface area contributed by atoms with Gasteiger partial charge >= 0.3 is 0 Å². The number of fused-ring (bicyclic) bond motifs is 6. The highest BCUT2D eigenvalue weighted by molar-refractivity contribution is 6.76. The average Bonchev–Trinajstić information content (AvgIpc) is 3.91. The summed E-state index contributed by atoms with van der Waals surface area (Å²) in [6.45, 7) is 16.8. The van der Waals surface area contributed by atoms with Crippen molar-refractivity contribution in [3.8, 4) is 33.8 Å². The minimum atomic E-state index is -1.24. The molecule has 4 N–H and O–H groups in total. The molecule has 0 amide bonds. The van der Waals surface area contributed by atoms with E-state index in [-0.39, 0.29) is 0 Å². The van der Waals surface area contributed by atoms with Gasteiger partial charge in [0.15, 0.2) is 17.1 Å². The van der Waals surface area contributed by atoms with Crippen molar-refractivity contribution < 1.29 is 18.3 Å². The predicted octanol–water partition coefficient (Wildman–Crippen LogP) is 13.2. The molecule has 7 aliphatic rings. The van der Waals surface area contributed by atoms with Gasteiger partial charge in [0.25, 0.3) is 0 Å². The third-order valence-electron chi connectivity index (χ3n) is 18.3. The molecule has 10 heterocycles. The highest BCUT2D eigenvalue weighted by Gasteiger charge is 2.42. The van der Waals surface area contributed by atoms with E-state index in [1.807, 2.05) is 42.9 Å². The van der Waals surface area contributed by atoms with Gasteiger partial charge < -0.3 is 30.4 Å². The SMILES string of the molecule is C[Si](C)(C)CCOCN(COCC[Si](C)(C)C)c1c(C2CC2)c(C2C[C@H]3CC[C@@H](C2)C3)nc2c(-c3ccc(C4=NC(F)=CC4)nc3)cnn12.Nc1c(C2CC2)c(C2C[C@H]3CC[C@@H](C2)N3)nc2c(-c3ccc(-c4ncc(F)[nH]4)nc3)cnn12. The number of piperidine rings is 1. The van der Waals surface area contributed by atoms with Crippen molar-refractivity contribution in [3.05, 3.63) is 101 Å². The fourth-order valence-corrected chi connectivity index (χ4v) is 15.1. The summed E-state index contributed by atoms with van der Waals surface area (Å²) in [5, 5.41) is 13.4. The molecule has 20 heteroatoms. The number of anilines is 2. The number of nitrogens with one attached hydrogen (secondary N) is 2. The molecule has 0 spiro atoms. The molecule has 2 unspecified atom stereocenters. The first-order valence-corrected chi connectivity index (χ1v) is 37.8. The summed E-state index contributed by atoms with van der Waals surface area (Å²) in [5.74, 6) is 4.81. The number of pyridine rings is 2. The van der Waals surface area contributed by atoms with Crippen molar-refractivity contribution in [2.75, 3.05) is 37.3 Å².